The smallest absolute Gasteiger partial charge is 0.0578 e. The summed E-state index contributed by atoms with van der Waals surface area (Å²) < 4.78 is 0. The average Bonchev–Trinajstić information content (AvgIpc) is 3.07. The summed E-state index contributed by atoms with van der Waals surface area (Å²) in [6.07, 6.45) is 15.7. The number of hydrogen-bond acceptors (Lipinski definition) is 1. The van der Waals surface area contributed by atoms with Crippen LogP contribution in [0.5, 0.6) is 0 Å². The van der Waals surface area contributed by atoms with E-state index < -0.39 is 0 Å². The van der Waals surface area contributed by atoms with Gasteiger partial charge in [0.05, 0.1) is 6.10 Å². The first-order valence-electron chi connectivity index (χ1n) is 13.4. The third kappa shape index (κ3) is 3.99. The highest BCUT2D eigenvalue weighted by molar-refractivity contribution is 6.30. The van der Waals surface area contributed by atoms with Crippen molar-refractivity contribution in [2.45, 2.75) is 105 Å². The summed E-state index contributed by atoms with van der Waals surface area (Å²) in [7, 11) is 0. The predicted octanol–water partition coefficient (Wildman–Crippen LogP) is 8.37. The van der Waals surface area contributed by atoms with Gasteiger partial charge in [0.15, 0.2) is 0 Å². The fourth-order valence-corrected chi connectivity index (χ4v) is 9.37. The highest BCUT2D eigenvalue weighted by Crippen LogP contribution is 2.68. The van der Waals surface area contributed by atoms with Crippen LogP contribution in [0.3, 0.4) is 0 Å². The first-order chi connectivity index (χ1) is 14.6. The maximum atomic E-state index is 10.3. The summed E-state index contributed by atoms with van der Waals surface area (Å²) in [6, 6.07) is 0. The fraction of sp³-hybridized carbons (Fsp3) is 0.862. The molecule has 1 nitrogen and oxygen atoms in total. The zero-order chi connectivity index (χ0) is 22.6. The van der Waals surface area contributed by atoms with Gasteiger partial charge in [0, 0.05) is 5.03 Å². The summed E-state index contributed by atoms with van der Waals surface area (Å²) in [4.78, 5) is 0. The van der Waals surface area contributed by atoms with Crippen LogP contribution in [0, 0.1) is 52.3 Å². The fourth-order valence-electron chi connectivity index (χ4n) is 8.90. The second-order valence-electron chi connectivity index (χ2n) is 12.6. The van der Waals surface area contributed by atoms with Gasteiger partial charge in [-0.3, -0.25) is 0 Å². The van der Waals surface area contributed by atoms with E-state index >= 15 is 0 Å². The molecule has 3 fully saturated rings. The number of hydrogen-bond donors (Lipinski definition) is 1. The SMILES string of the molecule is CC[C@H](/C=C/[C@@H](C)[C@H]1CC[C@H]2[C@@H]3CC(Cl)=C4C[C@@H](O)CC[C@]4(C)[C@H]3CC[C@]12C)C(C)C. The van der Waals surface area contributed by atoms with Crippen molar-refractivity contribution in [1.82, 2.24) is 0 Å². The van der Waals surface area contributed by atoms with Crippen molar-refractivity contribution in [2.24, 2.45) is 52.3 Å². The monoisotopic (exact) mass is 446 g/mol. The van der Waals surface area contributed by atoms with Gasteiger partial charge < -0.3 is 5.11 Å². The van der Waals surface area contributed by atoms with Crippen molar-refractivity contribution in [3.63, 3.8) is 0 Å². The third-order valence-electron chi connectivity index (χ3n) is 10.8. The molecule has 0 amide bonds. The Morgan fingerprint density at radius 1 is 1.00 bits per heavy atom. The first kappa shape index (κ1) is 23.9. The summed E-state index contributed by atoms with van der Waals surface area (Å²) in [6.45, 7) is 14.7. The molecule has 176 valence electrons. The molecule has 0 bridgehead atoms. The number of rotatable bonds is 5. The normalized spacial score (nSPS) is 44.9. The zero-order valence-electron chi connectivity index (χ0n) is 21.0. The van der Waals surface area contributed by atoms with E-state index in [0.717, 1.165) is 60.3 Å². The Morgan fingerprint density at radius 2 is 1.74 bits per heavy atom. The molecule has 0 aliphatic heterocycles. The Hall–Kier alpha value is -0.270. The molecule has 9 atom stereocenters. The van der Waals surface area contributed by atoms with Crippen LogP contribution in [0.2, 0.25) is 0 Å². The lowest BCUT2D eigenvalue weighted by molar-refractivity contribution is -0.0550. The van der Waals surface area contributed by atoms with Crippen LogP contribution in [0.15, 0.2) is 22.8 Å². The molecule has 0 aromatic heterocycles. The van der Waals surface area contributed by atoms with Crippen LogP contribution in [-0.4, -0.2) is 11.2 Å². The van der Waals surface area contributed by atoms with Crippen molar-refractivity contribution >= 4 is 11.6 Å². The molecule has 4 aliphatic rings. The quantitative estimate of drug-likeness (QED) is 0.420. The summed E-state index contributed by atoms with van der Waals surface area (Å²) in [5, 5.41) is 11.4. The lowest BCUT2D eigenvalue weighted by atomic mass is 9.47. The summed E-state index contributed by atoms with van der Waals surface area (Å²) in [5.74, 6) is 5.26. The predicted molar refractivity (Wildman–Crippen MR) is 133 cm³/mol. The van der Waals surface area contributed by atoms with Crippen LogP contribution in [0.1, 0.15) is 99.3 Å². The van der Waals surface area contributed by atoms with Crippen molar-refractivity contribution in [2.75, 3.05) is 0 Å². The molecule has 0 heterocycles. The van der Waals surface area contributed by atoms with E-state index in [1.165, 1.54) is 37.7 Å². The maximum absolute atomic E-state index is 10.3. The molecule has 0 saturated heterocycles. The van der Waals surface area contributed by atoms with Gasteiger partial charge in [-0.25, -0.2) is 0 Å². The van der Waals surface area contributed by atoms with Gasteiger partial charge in [0.2, 0.25) is 0 Å². The molecule has 1 N–H and O–H groups in total. The van der Waals surface area contributed by atoms with Crippen LogP contribution in [0.25, 0.3) is 0 Å². The summed E-state index contributed by atoms with van der Waals surface area (Å²) in [5.41, 5.74) is 2.11. The number of aliphatic hydroxyl groups is 1. The van der Waals surface area contributed by atoms with Crippen molar-refractivity contribution < 1.29 is 5.11 Å². The minimum absolute atomic E-state index is 0.177. The Bertz CT molecular complexity index is 722. The van der Waals surface area contributed by atoms with Gasteiger partial charge in [-0.15, -0.1) is 0 Å². The van der Waals surface area contributed by atoms with Crippen molar-refractivity contribution in [3.8, 4) is 0 Å². The Labute approximate surface area is 197 Å². The molecule has 0 unspecified atom stereocenters. The molecule has 31 heavy (non-hydrogen) atoms. The van der Waals surface area contributed by atoms with Gasteiger partial charge in [-0.05, 0) is 116 Å². The van der Waals surface area contributed by atoms with Crippen LogP contribution >= 0.6 is 11.6 Å². The number of halogens is 1. The van der Waals surface area contributed by atoms with Gasteiger partial charge in [-0.1, -0.05) is 65.3 Å². The highest BCUT2D eigenvalue weighted by Gasteiger charge is 2.59. The van der Waals surface area contributed by atoms with E-state index in [-0.39, 0.29) is 11.5 Å². The van der Waals surface area contributed by atoms with E-state index in [4.69, 9.17) is 11.6 Å². The highest BCUT2D eigenvalue weighted by atomic mass is 35.5. The zero-order valence-corrected chi connectivity index (χ0v) is 21.7. The van der Waals surface area contributed by atoms with Gasteiger partial charge in [0.25, 0.3) is 0 Å². The molecule has 0 radical (unpaired) electrons. The lowest BCUT2D eigenvalue weighted by Gasteiger charge is -2.59. The Morgan fingerprint density at radius 3 is 2.42 bits per heavy atom. The van der Waals surface area contributed by atoms with E-state index in [9.17, 15) is 5.11 Å². The largest absolute Gasteiger partial charge is 0.393 e. The Kier molecular flexibility index (Phi) is 6.80. The minimum Gasteiger partial charge on any atom is -0.393 e. The van der Waals surface area contributed by atoms with Crippen molar-refractivity contribution in [3.05, 3.63) is 22.8 Å². The average molecular weight is 447 g/mol. The van der Waals surface area contributed by atoms with Gasteiger partial charge in [0.1, 0.15) is 0 Å². The van der Waals surface area contributed by atoms with E-state index in [0.29, 0.717) is 17.3 Å². The molecule has 3 saturated carbocycles. The summed E-state index contributed by atoms with van der Waals surface area (Å²) >= 11 is 6.99. The van der Waals surface area contributed by atoms with E-state index in [1.54, 1.807) is 0 Å². The molecule has 4 rings (SSSR count). The van der Waals surface area contributed by atoms with Gasteiger partial charge in [-0.2, -0.15) is 0 Å². The van der Waals surface area contributed by atoms with E-state index in [2.05, 4.69) is 53.7 Å². The van der Waals surface area contributed by atoms with E-state index in [1.807, 2.05) is 0 Å². The second-order valence-corrected chi connectivity index (χ2v) is 13.0. The minimum atomic E-state index is -0.177. The number of allylic oxidation sites excluding steroid dienone is 3. The number of aliphatic hydroxyl groups excluding tert-OH is 1. The molecule has 0 spiro atoms. The first-order valence-corrected chi connectivity index (χ1v) is 13.7. The maximum Gasteiger partial charge on any atom is 0.0578 e. The molecule has 0 aromatic carbocycles. The van der Waals surface area contributed by atoms with Gasteiger partial charge >= 0.3 is 0 Å². The molecule has 4 aliphatic carbocycles. The van der Waals surface area contributed by atoms with Crippen LogP contribution < -0.4 is 0 Å². The molecule has 0 aromatic rings. The molecular weight excluding hydrogens is 400 g/mol. The second kappa shape index (κ2) is 8.83. The third-order valence-corrected chi connectivity index (χ3v) is 11.2. The Balaban J connectivity index is 1.55. The number of fused-ring (bicyclic) bond motifs is 5. The molecule has 2 heteroatoms. The van der Waals surface area contributed by atoms with Crippen LogP contribution in [0.4, 0.5) is 0 Å². The van der Waals surface area contributed by atoms with Crippen molar-refractivity contribution in [1.29, 1.82) is 0 Å². The van der Waals surface area contributed by atoms with Crippen LogP contribution in [-0.2, 0) is 0 Å². The standard InChI is InChI=1S/C29H47ClO/c1-7-20(18(2)3)9-8-19(4)23-10-11-24-22-17-27(30)26-16-21(31)12-14-29(26,6)25(22)13-15-28(23,24)5/h8-9,18-25,31H,7,10-17H2,1-6H3/b9-8+/t19-,20-,21+,22+,23-,24+,25+,28-,29-/m1/s1. The lowest BCUT2D eigenvalue weighted by Crippen LogP contribution is -2.51. The topological polar surface area (TPSA) is 20.2 Å². The molecular formula is C29H47ClO.